The van der Waals surface area contributed by atoms with Crippen molar-refractivity contribution >= 4 is 32.7 Å². The second-order valence-corrected chi connectivity index (χ2v) is 5.64. The van der Waals surface area contributed by atoms with Gasteiger partial charge in [0.25, 0.3) is 0 Å². The molecule has 106 valence electrons. The fourth-order valence-corrected chi connectivity index (χ4v) is 2.68. The van der Waals surface area contributed by atoms with E-state index in [-0.39, 0.29) is 12.1 Å². The number of hydrogen-bond donors (Lipinski definition) is 0. The van der Waals surface area contributed by atoms with Gasteiger partial charge >= 0.3 is 5.97 Å². The molecule has 2 rings (SSSR count). The number of esters is 1. The maximum atomic E-state index is 11.8. The Morgan fingerprint density at radius 1 is 1.15 bits per heavy atom. The number of carbonyl (C=O) groups excluding carboxylic acids is 1. The Bertz CT molecular complexity index is 575. The highest BCUT2D eigenvalue weighted by atomic mass is 79.9. The molecule has 0 amide bonds. The summed E-state index contributed by atoms with van der Waals surface area (Å²) in [4.78, 5) is 11.8. The molecule has 0 aromatic heterocycles. The number of unbranched alkanes of at least 4 members (excludes halogenated alkanes) is 1. The van der Waals surface area contributed by atoms with Crippen molar-refractivity contribution < 1.29 is 9.53 Å². The number of benzene rings is 2. The van der Waals surface area contributed by atoms with E-state index in [0.29, 0.717) is 6.42 Å². The average Bonchev–Trinajstić information content (AvgIpc) is 2.47. The summed E-state index contributed by atoms with van der Waals surface area (Å²) < 4.78 is 5.54. The lowest BCUT2D eigenvalue weighted by Gasteiger charge is -2.15. The summed E-state index contributed by atoms with van der Waals surface area (Å²) in [6, 6.07) is 14.3. The maximum Gasteiger partial charge on any atom is 0.306 e. The van der Waals surface area contributed by atoms with Gasteiger partial charge in [-0.1, -0.05) is 58.4 Å². The fraction of sp³-hybridized carbons (Fsp3) is 0.353. The van der Waals surface area contributed by atoms with Gasteiger partial charge in [-0.3, -0.25) is 4.79 Å². The van der Waals surface area contributed by atoms with Crippen LogP contribution in [0.1, 0.15) is 37.9 Å². The van der Waals surface area contributed by atoms with E-state index in [0.717, 1.165) is 29.1 Å². The van der Waals surface area contributed by atoms with E-state index in [1.165, 1.54) is 5.39 Å². The number of carbonyl (C=O) groups is 1. The van der Waals surface area contributed by atoms with Crippen LogP contribution in [-0.4, -0.2) is 11.3 Å². The van der Waals surface area contributed by atoms with E-state index in [1.54, 1.807) is 0 Å². The Kier molecular flexibility index (Phi) is 5.60. The molecule has 0 bridgehead atoms. The third-order valence-corrected chi connectivity index (χ3v) is 3.89. The van der Waals surface area contributed by atoms with Crippen LogP contribution in [-0.2, 0) is 9.53 Å². The molecule has 2 aromatic carbocycles. The van der Waals surface area contributed by atoms with E-state index in [2.05, 4.69) is 34.1 Å². The van der Waals surface area contributed by atoms with Crippen LogP contribution in [0.5, 0.6) is 0 Å². The molecule has 0 saturated heterocycles. The molecule has 0 heterocycles. The summed E-state index contributed by atoms with van der Waals surface area (Å²) in [6.45, 7) is 1.93. The molecule has 2 nitrogen and oxygen atoms in total. The van der Waals surface area contributed by atoms with Crippen molar-refractivity contribution in [3.8, 4) is 0 Å². The number of ether oxygens (including phenoxy) is 1. The second-order valence-electron chi connectivity index (χ2n) is 4.85. The summed E-state index contributed by atoms with van der Waals surface area (Å²) in [6.07, 6.45) is 2.14. The van der Waals surface area contributed by atoms with Gasteiger partial charge in [-0.05, 0) is 36.1 Å². The summed E-state index contributed by atoms with van der Waals surface area (Å²) in [7, 11) is 0. The van der Waals surface area contributed by atoms with Gasteiger partial charge in [-0.15, -0.1) is 0 Å². The Balaban J connectivity index is 2.07. The smallest absolute Gasteiger partial charge is 0.306 e. The molecule has 3 heteroatoms. The molecule has 1 unspecified atom stereocenters. The first-order valence-electron chi connectivity index (χ1n) is 6.95. The van der Waals surface area contributed by atoms with Gasteiger partial charge in [-0.2, -0.15) is 0 Å². The van der Waals surface area contributed by atoms with E-state index >= 15 is 0 Å². The zero-order valence-electron chi connectivity index (χ0n) is 11.6. The minimum Gasteiger partial charge on any atom is -0.458 e. The Morgan fingerprint density at radius 3 is 2.70 bits per heavy atom. The van der Waals surface area contributed by atoms with E-state index in [1.807, 2.05) is 31.2 Å². The van der Waals surface area contributed by atoms with Crippen molar-refractivity contribution in [3.05, 3.63) is 48.0 Å². The highest BCUT2D eigenvalue weighted by molar-refractivity contribution is 9.09. The van der Waals surface area contributed by atoms with Crippen LogP contribution >= 0.6 is 15.9 Å². The first kappa shape index (κ1) is 15.0. The first-order valence-corrected chi connectivity index (χ1v) is 8.07. The van der Waals surface area contributed by atoms with Crippen LogP contribution in [0.2, 0.25) is 0 Å². The van der Waals surface area contributed by atoms with Gasteiger partial charge in [-0.25, -0.2) is 0 Å². The van der Waals surface area contributed by atoms with Crippen molar-refractivity contribution in [1.29, 1.82) is 0 Å². The molecule has 0 spiro atoms. The first-order chi connectivity index (χ1) is 9.72. The molecule has 2 aromatic rings. The van der Waals surface area contributed by atoms with Crippen LogP contribution in [0.3, 0.4) is 0 Å². The van der Waals surface area contributed by atoms with E-state index in [9.17, 15) is 4.79 Å². The molecule has 0 N–H and O–H groups in total. The average molecular weight is 335 g/mol. The monoisotopic (exact) mass is 334 g/mol. The number of fused-ring (bicyclic) bond motifs is 1. The predicted octanol–water partition coefficient (Wildman–Crippen LogP) is 5.01. The normalized spacial score (nSPS) is 12.3. The largest absolute Gasteiger partial charge is 0.458 e. The number of rotatable bonds is 6. The zero-order chi connectivity index (χ0) is 14.4. The Morgan fingerprint density at radius 2 is 1.90 bits per heavy atom. The number of halogens is 1. The fourth-order valence-electron chi connectivity index (χ4n) is 2.29. The molecule has 1 atom stereocenters. The third kappa shape index (κ3) is 3.83. The number of hydrogen-bond acceptors (Lipinski definition) is 2. The van der Waals surface area contributed by atoms with Gasteiger partial charge in [0.05, 0.1) is 0 Å². The van der Waals surface area contributed by atoms with Crippen molar-refractivity contribution in [1.82, 2.24) is 0 Å². The van der Waals surface area contributed by atoms with Crippen molar-refractivity contribution in [2.24, 2.45) is 0 Å². The molecule has 0 aliphatic rings. The lowest BCUT2D eigenvalue weighted by atomic mass is 10.0. The lowest BCUT2D eigenvalue weighted by Crippen LogP contribution is -2.09. The quantitative estimate of drug-likeness (QED) is 0.421. The molecule has 0 saturated carbocycles. The Hall–Kier alpha value is -1.35. The van der Waals surface area contributed by atoms with Gasteiger partial charge in [0.15, 0.2) is 0 Å². The molecule has 20 heavy (non-hydrogen) atoms. The summed E-state index contributed by atoms with van der Waals surface area (Å²) >= 11 is 3.36. The van der Waals surface area contributed by atoms with Gasteiger partial charge in [0.2, 0.25) is 0 Å². The van der Waals surface area contributed by atoms with Crippen molar-refractivity contribution in [2.45, 2.75) is 32.3 Å². The molecule has 0 aliphatic carbocycles. The third-order valence-electron chi connectivity index (χ3n) is 3.33. The summed E-state index contributed by atoms with van der Waals surface area (Å²) in [5, 5.41) is 3.25. The zero-order valence-corrected chi connectivity index (χ0v) is 13.2. The van der Waals surface area contributed by atoms with E-state index < -0.39 is 0 Å². The lowest BCUT2D eigenvalue weighted by molar-refractivity contribution is -0.148. The summed E-state index contributed by atoms with van der Waals surface area (Å²) in [5.74, 6) is -0.119. The second kappa shape index (κ2) is 7.44. The van der Waals surface area contributed by atoms with Crippen LogP contribution < -0.4 is 0 Å². The van der Waals surface area contributed by atoms with Gasteiger partial charge in [0.1, 0.15) is 6.10 Å². The van der Waals surface area contributed by atoms with Crippen LogP contribution in [0.4, 0.5) is 0 Å². The SMILES string of the molecule is CC(OC(=O)CCCCBr)c1cccc2ccccc12. The van der Waals surface area contributed by atoms with Gasteiger partial charge in [0, 0.05) is 11.8 Å². The molecule has 0 aliphatic heterocycles. The predicted molar refractivity (Wildman–Crippen MR) is 86.1 cm³/mol. The van der Waals surface area contributed by atoms with E-state index in [4.69, 9.17) is 4.74 Å². The van der Waals surface area contributed by atoms with Crippen molar-refractivity contribution in [2.75, 3.05) is 5.33 Å². The minimum atomic E-state index is -0.211. The molecule has 0 radical (unpaired) electrons. The highest BCUT2D eigenvalue weighted by Gasteiger charge is 2.13. The molecular weight excluding hydrogens is 316 g/mol. The van der Waals surface area contributed by atoms with Crippen LogP contribution in [0, 0.1) is 0 Å². The van der Waals surface area contributed by atoms with Crippen LogP contribution in [0.15, 0.2) is 42.5 Å². The highest BCUT2D eigenvalue weighted by Crippen LogP contribution is 2.26. The number of alkyl halides is 1. The topological polar surface area (TPSA) is 26.3 Å². The standard InChI is InChI=1S/C17H19BrO2/c1-13(20-17(19)11-4-5-12-18)15-10-6-8-14-7-2-3-9-16(14)15/h2-3,6-10,13H,4-5,11-12H2,1H3. The van der Waals surface area contributed by atoms with Crippen LogP contribution in [0.25, 0.3) is 10.8 Å². The molecule has 0 fully saturated rings. The van der Waals surface area contributed by atoms with Crippen molar-refractivity contribution in [3.63, 3.8) is 0 Å². The minimum absolute atomic E-state index is 0.119. The summed E-state index contributed by atoms with van der Waals surface area (Å²) in [5.41, 5.74) is 1.07. The maximum absolute atomic E-state index is 11.8. The molecular formula is C17H19BrO2. The Labute approximate surface area is 128 Å². The van der Waals surface area contributed by atoms with Gasteiger partial charge < -0.3 is 4.74 Å².